The van der Waals surface area contributed by atoms with Crippen molar-refractivity contribution in [3.05, 3.63) is 29.3 Å². The van der Waals surface area contributed by atoms with Crippen molar-refractivity contribution in [2.75, 3.05) is 14.2 Å². The van der Waals surface area contributed by atoms with Crippen LogP contribution in [0.15, 0.2) is 12.1 Å². The minimum atomic E-state index is -0.625. The van der Waals surface area contributed by atoms with Crippen molar-refractivity contribution in [3.8, 4) is 5.75 Å². The van der Waals surface area contributed by atoms with Crippen LogP contribution in [-0.4, -0.2) is 19.7 Å². The second-order valence-electron chi connectivity index (χ2n) is 4.38. The monoisotopic (exact) mass is 229 g/mol. The van der Waals surface area contributed by atoms with Crippen molar-refractivity contribution in [1.82, 2.24) is 5.32 Å². The molecule has 16 heavy (non-hydrogen) atoms. The van der Waals surface area contributed by atoms with Gasteiger partial charge in [-0.1, -0.05) is 0 Å². The van der Waals surface area contributed by atoms with Gasteiger partial charge in [0, 0.05) is 23.2 Å². The van der Waals surface area contributed by atoms with Crippen LogP contribution in [0.4, 0.5) is 8.78 Å². The Labute approximate surface area is 94.6 Å². The van der Waals surface area contributed by atoms with E-state index in [-0.39, 0.29) is 11.3 Å². The first kappa shape index (κ1) is 12.9. The second-order valence-corrected chi connectivity index (χ2v) is 4.38. The van der Waals surface area contributed by atoms with Crippen LogP contribution in [-0.2, 0) is 6.42 Å². The maximum Gasteiger partial charge on any atom is 0.133 e. The molecule has 0 fully saturated rings. The van der Waals surface area contributed by atoms with E-state index >= 15 is 0 Å². The summed E-state index contributed by atoms with van der Waals surface area (Å²) in [7, 11) is 3.21. The number of hydrogen-bond acceptors (Lipinski definition) is 2. The molecule has 0 aliphatic rings. The molecule has 0 atom stereocenters. The number of nitrogens with one attached hydrogen (secondary N) is 1. The molecule has 90 valence electrons. The number of likely N-dealkylation sites (N-methyl/N-ethyl adjacent to an activating group) is 1. The van der Waals surface area contributed by atoms with Gasteiger partial charge < -0.3 is 10.1 Å². The molecule has 0 amide bonds. The predicted octanol–water partition coefficient (Wildman–Crippen LogP) is 2.51. The molecule has 0 heterocycles. The number of rotatable bonds is 4. The fourth-order valence-corrected chi connectivity index (χ4v) is 1.46. The second kappa shape index (κ2) is 4.78. The van der Waals surface area contributed by atoms with E-state index in [9.17, 15) is 8.78 Å². The summed E-state index contributed by atoms with van der Waals surface area (Å²) in [6, 6.07) is 2.08. The van der Waals surface area contributed by atoms with Gasteiger partial charge in [-0.05, 0) is 27.3 Å². The van der Waals surface area contributed by atoms with Crippen molar-refractivity contribution in [3.63, 3.8) is 0 Å². The van der Waals surface area contributed by atoms with Crippen LogP contribution in [0, 0.1) is 11.6 Å². The maximum absolute atomic E-state index is 13.6. The fraction of sp³-hybridized carbons (Fsp3) is 0.500. The number of ether oxygens (including phenoxy) is 1. The molecule has 4 heteroatoms. The van der Waals surface area contributed by atoms with Gasteiger partial charge in [-0.2, -0.15) is 0 Å². The van der Waals surface area contributed by atoms with Gasteiger partial charge in [-0.15, -0.1) is 0 Å². The third-order valence-electron chi connectivity index (χ3n) is 2.63. The predicted molar refractivity (Wildman–Crippen MR) is 59.8 cm³/mol. The Morgan fingerprint density at radius 2 is 1.94 bits per heavy atom. The Morgan fingerprint density at radius 1 is 1.31 bits per heavy atom. The largest absolute Gasteiger partial charge is 0.496 e. The lowest BCUT2D eigenvalue weighted by molar-refractivity contribution is 0.374. The van der Waals surface area contributed by atoms with Crippen molar-refractivity contribution in [2.24, 2.45) is 0 Å². The first-order chi connectivity index (χ1) is 7.39. The Morgan fingerprint density at radius 3 is 2.44 bits per heavy atom. The highest BCUT2D eigenvalue weighted by Gasteiger charge is 2.21. The first-order valence-electron chi connectivity index (χ1n) is 5.10. The van der Waals surface area contributed by atoms with Crippen LogP contribution in [0.5, 0.6) is 5.75 Å². The van der Waals surface area contributed by atoms with Crippen LogP contribution < -0.4 is 10.1 Å². The van der Waals surface area contributed by atoms with Crippen LogP contribution in [0.2, 0.25) is 0 Å². The van der Waals surface area contributed by atoms with Crippen LogP contribution >= 0.6 is 0 Å². The molecule has 0 saturated carbocycles. The molecule has 0 aliphatic carbocycles. The van der Waals surface area contributed by atoms with Gasteiger partial charge in [0.1, 0.15) is 17.4 Å². The zero-order valence-electron chi connectivity index (χ0n) is 10.0. The van der Waals surface area contributed by atoms with Gasteiger partial charge in [-0.3, -0.25) is 0 Å². The quantitative estimate of drug-likeness (QED) is 0.856. The Kier molecular flexibility index (Phi) is 3.86. The smallest absolute Gasteiger partial charge is 0.133 e. The molecular formula is C12H17F2NO. The van der Waals surface area contributed by atoms with Gasteiger partial charge in [-0.25, -0.2) is 8.78 Å². The average Bonchev–Trinajstić information content (AvgIpc) is 2.21. The molecule has 2 nitrogen and oxygen atoms in total. The lowest BCUT2D eigenvalue weighted by atomic mass is 9.94. The Bertz CT molecular complexity index is 378. The average molecular weight is 229 g/mol. The summed E-state index contributed by atoms with van der Waals surface area (Å²) in [5.41, 5.74) is 0.120. The summed E-state index contributed by atoms with van der Waals surface area (Å²) in [5, 5.41) is 3.07. The highest BCUT2D eigenvalue weighted by atomic mass is 19.1. The normalized spacial score (nSPS) is 11.6. The highest BCUT2D eigenvalue weighted by molar-refractivity contribution is 5.36. The number of halogens is 2. The molecule has 0 saturated heterocycles. The molecule has 0 radical (unpaired) electrons. The molecule has 0 unspecified atom stereocenters. The van der Waals surface area contributed by atoms with E-state index in [1.165, 1.54) is 13.2 Å². The molecular weight excluding hydrogens is 212 g/mol. The lowest BCUT2D eigenvalue weighted by Crippen LogP contribution is -2.38. The Hall–Kier alpha value is -1.16. The summed E-state index contributed by atoms with van der Waals surface area (Å²) in [6.45, 7) is 3.88. The summed E-state index contributed by atoms with van der Waals surface area (Å²) in [5.74, 6) is -0.943. The zero-order valence-corrected chi connectivity index (χ0v) is 10.0. The van der Waals surface area contributed by atoms with E-state index in [4.69, 9.17) is 4.74 Å². The van der Waals surface area contributed by atoms with E-state index in [2.05, 4.69) is 5.32 Å². The molecule has 1 N–H and O–H groups in total. The molecule has 1 aromatic rings. The van der Waals surface area contributed by atoms with Gasteiger partial charge >= 0.3 is 0 Å². The minimum absolute atomic E-state index is 0.251. The first-order valence-corrected chi connectivity index (χ1v) is 5.10. The lowest BCUT2D eigenvalue weighted by Gasteiger charge is -2.25. The number of benzene rings is 1. The minimum Gasteiger partial charge on any atom is -0.496 e. The van der Waals surface area contributed by atoms with E-state index in [1.807, 2.05) is 13.8 Å². The summed E-state index contributed by atoms with van der Waals surface area (Å²) >= 11 is 0. The van der Waals surface area contributed by atoms with E-state index in [1.54, 1.807) is 7.05 Å². The van der Waals surface area contributed by atoms with E-state index in [0.29, 0.717) is 12.0 Å². The maximum atomic E-state index is 13.6. The molecule has 1 rings (SSSR count). The van der Waals surface area contributed by atoms with Crippen molar-refractivity contribution >= 4 is 0 Å². The third-order valence-corrected chi connectivity index (χ3v) is 2.63. The Balaban J connectivity index is 3.12. The van der Waals surface area contributed by atoms with Crippen molar-refractivity contribution < 1.29 is 13.5 Å². The molecule has 0 aromatic heterocycles. The standard InChI is InChI=1S/C12H17F2NO/c1-12(2,15-3)7-9-10(14)5-8(13)6-11(9)16-4/h5-6,15H,7H2,1-4H3. The van der Waals surface area contributed by atoms with Crippen LogP contribution in [0.25, 0.3) is 0 Å². The van der Waals surface area contributed by atoms with Gasteiger partial charge in [0.05, 0.1) is 7.11 Å². The summed E-state index contributed by atoms with van der Waals surface area (Å²) in [4.78, 5) is 0. The van der Waals surface area contributed by atoms with Gasteiger partial charge in [0.2, 0.25) is 0 Å². The topological polar surface area (TPSA) is 21.3 Å². The van der Waals surface area contributed by atoms with Crippen molar-refractivity contribution in [2.45, 2.75) is 25.8 Å². The SMILES string of the molecule is CNC(C)(C)Cc1c(F)cc(F)cc1OC. The summed E-state index contributed by atoms with van der Waals surface area (Å²) in [6.07, 6.45) is 0.429. The molecule has 1 aromatic carbocycles. The molecule has 0 aliphatic heterocycles. The van der Waals surface area contributed by atoms with E-state index < -0.39 is 11.6 Å². The molecule has 0 bridgehead atoms. The van der Waals surface area contributed by atoms with Gasteiger partial charge in [0.25, 0.3) is 0 Å². The fourth-order valence-electron chi connectivity index (χ4n) is 1.46. The zero-order chi connectivity index (χ0) is 12.3. The van der Waals surface area contributed by atoms with E-state index in [0.717, 1.165) is 6.07 Å². The third kappa shape index (κ3) is 2.92. The molecule has 0 spiro atoms. The van der Waals surface area contributed by atoms with Crippen molar-refractivity contribution in [1.29, 1.82) is 0 Å². The van der Waals surface area contributed by atoms with Gasteiger partial charge in [0.15, 0.2) is 0 Å². The number of hydrogen-bond donors (Lipinski definition) is 1. The van der Waals surface area contributed by atoms with Crippen LogP contribution in [0.1, 0.15) is 19.4 Å². The summed E-state index contributed by atoms with van der Waals surface area (Å²) < 4.78 is 31.6. The number of methoxy groups -OCH3 is 1. The highest BCUT2D eigenvalue weighted by Crippen LogP contribution is 2.26. The van der Waals surface area contributed by atoms with Crippen LogP contribution in [0.3, 0.4) is 0 Å².